The maximum absolute atomic E-state index is 12.2. The predicted octanol–water partition coefficient (Wildman–Crippen LogP) is 3.83. The van der Waals surface area contributed by atoms with Crippen molar-refractivity contribution in [2.24, 2.45) is 0 Å². The molecule has 1 heterocycles. The number of para-hydroxylation sites is 1. The van der Waals surface area contributed by atoms with Crippen LogP contribution in [-0.4, -0.2) is 22.9 Å². The van der Waals surface area contributed by atoms with Crippen molar-refractivity contribution in [1.82, 2.24) is 15.3 Å². The van der Waals surface area contributed by atoms with Crippen molar-refractivity contribution >= 4 is 29.1 Å². The molecule has 0 saturated carbocycles. The largest absolute Gasteiger partial charge is 0.348 e. The van der Waals surface area contributed by atoms with Gasteiger partial charge in [0.15, 0.2) is 0 Å². The maximum atomic E-state index is 12.2. The number of carbonyl (C=O) groups is 1. The molecule has 3 rings (SSSR count). The van der Waals surface area contributed by atoms with Gasteiger partial charge in [-0.3, -0.25) is 4.79 Å². The average Bonchev–Trinajstić information content (AvgIpc) is 2.67. The average molecular weight is 353 g/mol. The molecule has 0 atom stereocenters. The quantitative estimate of drug-likeness (QED) is 0.758. The van der Waals surface area contributed by atoms with E-state index >= 15 is 0 Å². The lowest BCUT2D eigenvalue weighted by atomic mass is 10.2. The van der Waals surface area contributed by atoms with E-state index in [1.54, 1.807) is 6.07 Å². The molecule has 126 valence electrons. The molecular weight excluding hydrogens is 336 g/mol. The minimum Gasteiger partial charge on any atom is -0.348 e. The number of amides is 1. The number of carbonyl (C=O) groups excluding carboxylic acids is 1. The zero-order valence-corrected chi connectivity index (χ0v) is 14.4. The number of aromatic nitrogens is 2. The molecule has 6 heteroatoms. The van der Waals surface area contributed by atoms with Crippen molar-refractivity contribution in [2.45, 2.75) is 6.54 Å². The number of halogens is 1. The van der Waals surface area contributed by atoms with Gasteiger partial charge in [0.2, 0.25) is 5.95 Å². The molecule has 0 saturated heterocycles. The van der Waals surface area contributed by atoms with Crippen LogP contribution >= 0.6 is 11.6 Å². The lowest BCUT2D eigenvalue weighted by Crippen LogP contribution is -2.23. The van der Waals surface area contributed by atoms with Gasteiger partial charge in [-0.05, 0) is 23.8 Å². The Labute approximate surface area is 151 Å². The first-order valence-electron chi connectivity index (χ1n) is 7.77. The highest BCUT2D eigenvalue weighted by atomic mass is 35.5. The van der Waals surface area contributed by atoms with Crippen LogP contribution in [0.1, 0.15) is 15.9 Å². The SMILES string of the molecule is CN(c1ccccc1)c1ncc(C(=O)NCc2ccccc2Cl)cn1. The van der Waals surface area contributed by atoms with E-state index in [4.69, 9.17) is 11.6 Å². The fourth-order valence-electron chi connectivity index (χ4n) is 2.30. The molecule has 0 aliphatic rings. The first-order valence-corrected chi connectivity index (χ1v) is 8.15. The third kappa shape index (κ3) is 4.14. The number of hydrogen-bond donors (Lipinski definition) is 1. The van der Waals surface area contributed by atoms with Crippen molar-refractivity contribution < 1.29 is 4.79 Å². The van der Waals surface area contributed by atoms with Gasteiger partial charge in [0.1, 0.15) is 0 Å². The number of nitrogens with one attached hydrogen (secondary N) is 1. The fourth-order valence-corrected chi connectivity index (χ4v) is 2.50. The molecule has 0 spiro atoms. The second kappa shape index (κ2) is 7.77. The summed E-state index contributed by atoms with van der Waals surface area (Å²) in [5.74, 6) is 0.280. The third-order valence-corrected chi connectivity index (χ3v) is 4.11. The molecule has 0 fully saturated rings. The Hall–Kier alpha value is -2.92. The van der Waals surface area contributed by atoms with Gasteiger partial charge in [-0.25, -0.2) is 9.97 Å². The van der Waals surface area contributed by atoms with E-state index in [1.807, 2.05) is 60.5 Å². The van der Waals surface area contributed by atoms with E-state index < -0.39 is 0 Å². The summed E-state index contributed by atoms with van der Waals surface area (Å²) in [5, 5.41) is 3.44. The smallest absolute Gasteiger partial charge is 0.254 e. The van der Waals surface area contributed by atoms with Crippen LogP contribution in [0.4, 0.5) is 11.6 Å². The van der Waals surface area contributed by atoms with Crippen LogP contribution in [0.15, 0.2) is 67.0 Å². The summed E-state index contributed by atoms with van der Waals surface area (Å²) in [4.78, 5) is 22.6. The highest BCUT2D eigenvalue weighted by Gasteiger charge is 2.10. The topological polar surface area (TPSA) is 58.1 Å². The van der Waals surface area contributed by atoms with Gasteiger partial charge in [0.05, 0.1) is 5.56 Å². The molecular formula is C19H17ClN4O. The minimum absolute atomic E-state index is 0.242. The van der Waals surface area contributed by atoms with E-state index in [9.17, 15) is 4.79 Å². The molecule has 0 unspecified atom stereocenters. The zero-order chi connectivity index (χ0) is 17.6. The highest BCUT2D eigenvalue weighted by molar-refractivity contribution is 6.31. The van der Waals surface area contributed by atoms with Crippen molar-refractivity contribution in [3.05, 3.63) is 83.1 Å². The van der Waals surface area contributed by atoms with Crippen LogP contribution in [-0.2, 0) is 6.54 Å². The lowest BCUT2D eigenvalue weighted by Gasteiger charge is -2.16. The molecule has 1 amide bonds. The van der Waals surface area contributed by atoms with E-state index in [0.717, 1.165) is 11.3 Å². The summed E-state index contributed by atoms with van der Waals surface area (Å²) >= 11 is 6.09. The number of nitrogens with zero attached hydrogens (tertiary/aromatic N) is 3. The summed E-state index contributed by atoms with van der Waals surface area (Å²) in [7, 11) is 1.88. The summed E-state index contributed by atoms with van der Waals surface area (Å²) < 4.78 is 0. The number of hydrogen-bond acceptors (Lipinski definition) is 4. The summed E-state index contributed by atoms with van der Waals surface area (Å²) in [6, 6.07) is 17.2. The molecule has 0 aliphatic heterocycles. The van der Waals surface area contributed by atoms with Crippen LogP contribution in [0.2, 0.25) is 5.02 Å². The fraction of sp³-hybridized carbons (Fsp3) is 0.105. The van der Waals surface area contributed by atoms with Gasteiger partial charge in [0, 0.05) is 36.7 Å². The van der Waals surface area contributed by atoms with Crippen molar-refractivity contribution in [3.63, 3.8) is 0 Å². The Morgan fingerprint density at radius 2 is 1.68 bits per heavy atom. The standard InChI is InChI=1S/C19H17ClN4O/c1-24(16-8-3-2-4-9-16)19-22-12-15(13-23-19)18(25)21-11-14-7-5-6-10-17(14)20/h2-10,12-13H,11H2,1H3,(H,21,25). The minimum atomic E-state index is -0.242. The monoisotopic (exact) mass is 352 g/mol. The second-order valence-corrected chi connectivity index (χ2v) is 5.85. The van der Waals surface area contributed by atoms with Gasteiger partial charge >= 0.3 is 0 Å². The number of benzene rings is 2. The molecule has 0 radical (unpaired) electrons. The first-order chi connectivity index (χ1) is 12.1. The highest BCUT2D eigenvalue weighted by Crippen LogP contribution is 2.19. The summed E-state index contributed by atoms with van der Waals surface area (Å²) in [6.07, 6.45) is 3.04. The van der Waals surface area contributed by atoms with Crippen molar-refractivity contribution in [1.29, 1.82) is 0 Å². The Bertz CT molecular complexity index is 853. The van der Waals surface area contributed by atoms with Crippen LogP contribution in [0.25, 0.3) is 0 Å². The summed E-state index contributed by atoms with van der Waals surface area (Å²) in [5.41, 5.74) is 2.23. The molecule has 1 N–H and O–H groups in total. The zero-order valence-electron chi connectivity index (χ0n) is 13.7. The number of anilines is 2. The Kier molecular flexibility index (Phi) is 5.26. The van der Waals surface area contributed by atoms with Gasteiger partial charge < -0.3 is 10.2 Å². The normalized spacial score (nSPS) is 10.3. The van der Waals surface area contributed by atoms with Crippen molar-refractivity contribution in [3.8, 4) is 0 Å². The predicted molar refractivity (Wildman–Crippen MR) is 99.2 cm³/mol. The Morgan fingerprint density at radius 1 is 1.04 bits per heavy atom. The van der Waals surface area contributed by atoms with E-state index in [1.165, 1.54) is 12.4 Å². The van der Waals surface area contributed by atoms with Gasteiger partial charge in [0.25, 0.3) is 5.91 Å². The lowest BCUT2D eigenvalue weighted by molar-refractivity contribution is 0.0950. The first kappa shape index (κ1) is 16.9. The summed E-state index contributed by atoms with van der Waals surface area (Å²) in [6.45, 7) is 0.351. The van der Waals surface area contributed by atoms with Gasteiger partial charge in [-0.2, -0.15) is 0 Å². The maximum Gasteiger partial charge on any atom is 0.254 e. The molecule has 0 aliphatic carbocycles. The van der Waals surface area contributed by atoms with Gasteiger partial charge in [-0.15, -0.1) is 0 Å². The van der Waals surface area contributed by atoms with Crippen LogP contribution < -0.4 is 10.2 Å². The van der Waals surface area contributed by atoms with E-state index in [2.05, 4.69) is 15.3 Å². The van der Waals surface area contributed by atoms with E-state index in [0.29, 0.717) is 23.1 Å². The van der Waals surface area contributed by atoms with Gasteiger partial charge in [-0.1, -0.05) is 48.0 Å². The number of rotatable bonds is 5. The third-order valence-electron chi connectivity index (χ3n) is 3.74. The Balaban J connectivity index is 1.65. The van der Waals surface area contributed by atoms with Crippen LogP contribution in [0, 0.1) is 0 Å². The van der Waals surface area contributed by atoms with Crippen LogP contribution in [0.5, 0.6) is 0 Å². The Morgan fingerprint density at radius 3 is 2.36 bits per heavy atom. The van der Waals surface area contributed by atoms with Crippen molar-refractivity contribution in [2.75, 3.05) is 11.9 Å². The van der Waals surface area contributed by atoms with E-state index in [-0.39, 0.29) is 5.91 Å². The molecule has 1 aromatic heterocycles. The molecule has 5 nitrogen and oxygen atoms in total. The molecule has 0 bridgehead atoms. The molecule has 3 aromatic rings. The molecule has 25 heavy (non-hydrogen) atoms. The second-order valence-electron chi connectivity index (χ2n) is 5.44. The molecule has 2 aromatic carbocycles. The van der Waals surface area contributed by atoms with Crippen LogP contribution in [0.3, 0.4) is 0 Å².